The molecule has 0 aliphatic rings. The molecule has 7 nitrogen and oxygen atoms in total. The largest absolute Gasteiger partial charge is 0.433 e. The molecular weight excluding hydrogens is 273 g/mol. The third-order valence-electron chi connectivity index (χ3n) is 1.75. The lowest BCUT2D eigenvalue weighted by Gasteiger charge is -2.06. The van der Waals surface area contributed by atoms with Gasteiger partial charge in [-0.25, -0.2) is 10.1 Å². The average molecular weight is 278 g/mol. The first kappa shape index (κ1) is 12.5. The van der Waals surface area contributed by atoms with Gasteiger partial charge in [0.1, 0.15) is 0 Å². The third-order valence-corrected chi connectivity index (χ3v) is 2.63. The minimum absolute atomic E-state index is 0.147. The van der Waals surface area contributed by atoms with E-state index in [-0.39, 0.29) is 10.9 Å². The van der Waals surface area contributed by atoms with Crippen LogP contribution in [0.5, 0.6) is 0 Å². The predicted molar refractivity (Wildman–Crippen MR) is 53.6 cm³/mol. The van der Waals surface area contributed by atoms with E-state index in [9.17, 15) is 18.0 Å². The number of tetrazole rings is 1. The lowest BCUT2D eigenvalue weighted by Crippen LogP contribution is -2.16. The van der Waals surface area contributed by atoms with Crippen molar-refractivity contribution in [1.82, 2.24) is 30.6 Å². The van der Waals surface area contributed by atoms with Crippen molar-refractivity contribution in [2.24, 2.45) is 0 Å². The SMILES string of the molecule is O=c1cc(C(F)(F)F)nc(SCc2nnn[nH]2)[nH]1. The molecule has 0 aliphatic heterocycles. The van der Waals surface area contributed by atoms with Crippen LogP contribution in [0.1, 0.15) is 11.5 Å². The standard InChI is InChI=1S/C7H5F3N6OS/c8-7(9,10)3-1-5(17)12-6(11-3)18-2-4-13-15-16-14-4/h1H,2H2,(H,11,12,17)(H,13,14,15,16). The van der Waals surface area contributed by atoms with Gasteiger partial charge in [0, 0.05) is 6.07 Å². The second-order valence-electron chi connectivity index (χ2n) is 3.07. The van der Waals surface area contributed by atoms with E-state index < -0.39 is 17.4 Å². The molecule has 0 radical (unpaired) electrons. The lowest BCUT2D eigenvalue weighted by atomic mass is 10.4. The number of aromatic nitrogens is 6. The van der Waals surface area contributed by atoms with E-state index in [0.29, 0.717) is 11.9 Å². The normalized spacial score (nSPS) is 11.7. The Labute approximate surface area is 101 Å². The Kier molecular flexibility index (Phi) is 3.32. The number of alkyl halides is 3. The molecule has 0 spiro atoms. The first-order valence-electron chi connectivity index (χ1n) is 4.49. The van der Waals surface area contributed by atoms with E-state index in [0.717, 1.165) is 11.8 Å². The first-order chi connectivity index (χ1) is 8.45. The summed E-state index contributed by atoms with van der Waals surface area (Å²) in [5.41, 5.74) is -2.10. The van der Waals surface area contributed by atoms with Crippen LogP contribution in [0, 0.1) is 0 Å². The fourth-order valence-electron chi connectivity index (χ4n) is 1.03. The van der Waals surface area contributed by atoms with Gasteiger partial charge in [-0.05, 0) is 10.4 Å². The topological polar surface area (TPSA) is 100 Å². The number of thioether (sulfide) groups is 1. The molecule has 0 unspecified atom stereocenters. The molecule has 2 N–H and O–H groups in total. The van der Waals surface area contributed by atoms with Gasteiger partial charge in [-0.2, -0.15) is 13.2 Å². The molecule has 0 fully saturated rings. The van der Waals surface area contributed by atoms with Crippen LogP contribution in [-0.2, 0) is 11.9 Å². The van der Waals surface area contributed by atoms with Gasteiger partial charge in [-0.15, -0.1) is 5.10 Å². The zero-order valence-corrected chi connectivity index (χ0v) is 9.34. The van der Waals surface area contributed by atoms with Crippen molar-refractivity contribution in [2.45, 2.75) is 17.1 Å². The lowest BCUT2D eigenvalue weighted by molar-refractivity contribution is -0.141. The monoisotopic (exact) mass is 278 g/mol. The molecule has 2 aromatic heterocycles. The first-order valence-corrected chi connectivity index (χ1v) is 5.47. The summed E-state index contributed by atoms with van der Waals surface area (Å²) in [7, 11) is 0. The molecule has 0 amide bonds. The highest BCUT2D eigenvalue weighted by Crippen LogP contribution is 2.27. The van der Waals surface area contributed by atoms with Gasteiger partial charge in [0.05, 0.1) is 5.75 Å². The van der Waals surface area contributed by atoms with Crippen LogP contribution in [0.15, 0.2) is 16.0 Å². The van der Waals surface area contributed by atoms with Gasteiger partial charge in [0.15, 0.2) is 16.7 Å². The summed E-state index contributed by atoms with van der Waals surface area (Å²) in [6.45, 7) is 0. The molecule has 0 aromatic carbocycles. The van der Waals surface area contributed by atoms with Crippen molar-refractivity contribution in [1.29, 1.82) is 0 Å². The summed E-state index contributed by atoms with van der Waals surface area (Å²) in [6.07, 6.45) is -4.66. The Morgan fingerprint density at radius 1 is 1.39 bits per heavy atom. The zero-order valence-electron chi connectivity index (χ0n) is 8.52. The fourth-order valence-corrected chi connectivity index (χ4v) is 1.76. The average Bonchev–Trinajstić information content (AvgIpc) is 2.77. The maximum absolute atomic E-state index is 12.4. The molecular formula is C7H5F3N6OS. The number of nitrogens with one attached hydrogen (secondary N) is 2. The molecule has 11 heteroatoms. The van der Waals surface area contributed by atoms with Crippen LogP contribution in [-0.4, -0.2) is 30.6 Å². The highest BCUT2D eigenvalue weighted by Gasteiger charge is 2.33. The number of H-pyrrole nitrogens is 2. The quantitative estimate of drug-likeness (QED) is 0.629. The van der Waals surface area contributed by atoms with Gasteiger partial charge < -0.3 is 4.98 Å². The number of halogens is 3. The smallest absolute Gasteiger partial charge is 0.301 e. The molecule has 0 saturated carbocycles. The number of hydrogen-bond donors (Lipinski definition) is 2. The van der Waals surface area contributed by atoms with E-state index in [2.05, 4.69) is 30.6 Å². The summed E-state index contributed by atoms with van der Waals surface area (Å²) >= 11 is 0.882. The molecule has 2 aromatic rings. The molecule has 18 heavy (non-hydrogen) atoms. The van der Waals surface area contributed by atoms with Crippen molar-refractivity contribution in [3.63, 3.8) is 0 Å². The predicted octanol–water partition coefficient (Wildman–Crippen LogP) is 0.594. The Morgan fingerprint density at radius 2 is 2.17 bits per heavy atom. The molecule has 0 aliphatic carbocycles. The van der Waals surface area contributed by atoms with Gasteiger partial charge in [-0.3, -0.25) is 4.79 Å². The number of aromatic amines is 2. The summed E-state index contributed by atoms with van der Waals surface area (Å²) in [6, 6.07) is 0.403. The van der Waals surface area contributed by atoms with Crippen LogP contribution >= 0.6 is 11.8 Å². The summed E-state index contributed by atoms with van der Waals surface area (Å²) < 4.78 is 37.2. The summed E-state index contributed by atoms with van der Waals surface area (Å²) in [5, 5.41) is 12.4. The van der Waals surface area contributed by atoms with Gasteiger partial charge in [-0.1, -0.05) is 11.8 Å². The van der Waals surface area contributed by atoms with Crippen LogP contribution in [0.4, 0.5) is 13.2 Å². The summed E-state index contributed by atoms with van der Waals surface area (Å²) in [4.78, 5) is 16.6. The van der Waals surface area contributed by atoms with E-state index in [4.69, 9.17) is 0 Å². The number of rotatable bonds is 3. The van der Waals surface area contributed by atoms with Crippen LogP contribution in [0.25, 0.3) is 0 Å². The minimum Gasteiger partial charge on any atom is -0.301 e. The Morgan fingerprint density at radius 3 is 2.78 bits per heavy atom. The van der Waals surface area contributed by atoms with Crippen LogP contribution < -0.4 is 5.56 Å². The van der Waals surface area contributed by atoms with E-state index >= 15 is 0 Å². The zero-order chi connectivity index (χ0) is 13.2. The highest BCUT2D eigenvalue weighted by molar-refractivity contribution is 7.98. The maximum atomic E-state index is 12.4. The molecule has 2 heterocycles. The van der Waals surface area contributed by atoms with Crippen molar-refractivity contribution in [3.05, 3.63) is 27.9 Å². The van der Waals surface area contributed by atoms with E-state index in [1.54, 1.807) is 0 Å². The van der Waals surface area contributed by atoms with E-state index in [1.165, 1.54) is 0 Å². The Hall–Kier alpha value is -1.91. The second-order valence-corrected chi connectivity index (χ2v) is 4.03. The van der Waals surface area contributed by atoms with Crippen molar-refractivity contribution >= 4 is 11.8 Å². The van der Waals surface area contributed by atoms with Crippen LogP contribution in [0.3, 0.4) is 0 Å². The fraction of sp³-hybridized carbons (Fsp3) is 0.286. The van der Waals surface area contributed by atoms with Gasteiger partial charge in [0.25, 0.3) is 5.56 Å². The van der Waals surface area contributed by atoms with Crippen molar-refractivity contribution in [3.8, 4) is 0 Å². The maximum Gasteiger partial charge on any atom is 0.433 e. The van der Waals surface area contributed by atoms with Crippen molar-refractivity contribution in [2.75, 3.05) is 0 Å². The Bertz CT molecular complexity index is 580. The van der Waals surface area contributed by atoms with Crippen molar-refractivity contribution < 1.29 is 13.2 Å². The molecule has 0 bridgehead atoms. The minimum atomic E-state index is -4.66. The van der Waals surface area contributed by atoms with Gasteiger partial charge in [0.2, 0.25) is 0 Å². The highest BCUT2D eigenvalue weighted by atomic mass is 32.2. The number of nitrogens with zero attached hydrogens (tertiary/aromatic N) is 4. The molecule has 2 rings (SSSR count). The molecule has 96 valence electrons. The summed E-state index contributed by atoms with van der Waals surface area (Å²) in [5.74, 6) is 0.525. The molecule has 0 saturated heterocycles. The third kappa shape index (κ3) is 3.06. The molecule has 0 atom stereocenters. The Balaban J connectivity index is 2.18. The van der Waals surface area contributed by atoms with Gasteiger partial charge >= 0.3 is 6.18 Å². The number of hydrogen-bond acceptors (Lipinski definition) is 6. The van der Waals surface area contributed by atoms with E-state index in [1.807, 2.05) is 0 Å². The van der Waals surface area contributed by atoms with Crippen LogP contribution in [0.2, 0.25) is 0 Å². The second kappa shape index (κ2) is 4.76.